The van der Waals surface area contributed by atoms with Crippen molar-refractivity contribution in [1.29, 1.82) is 0 Å². The Morgan fingerprint density at radius 3 is 2.94 bits per heavy atom. The molecule has 5 nitrogen and oxygen atoms in total. The molecule has 1 aliphatic carbocycles. The summed E-state index contributed by atoms with van der Waals surface area (Å²) in [5.74, 6) is 1.86. The highest BCUT2D eigenvalue weighted by Crippen LogP contribution is 2.28. The molecule has 16 heavy (non-hydrogen) atoms. The smallest absolute Gasteiger partial charge is 0.223 e. The minimum Gasteiger partial charge on any atom is -0.363 e. The van der Waals surface area contributed by atoms with E-state index in [-0.39, 0.29) is 11.8 Å². The van der Waals surface area contributed by atoms with Crippen LogP contribution in [0, 0.1) is 5.92 Å². The lowest BCUT2D eigenvalue weighted by Gasteiger charge is -2.11. The van der Waals surface area contributed by atoms with E-state index >= 15 is 0 Å². The molecule has 0 radical (unpaired) electrons. The molecule has 0 saturated heterocycles. The third kappa shape index (κ3) is 2.68. The maximum atomic E-state index is 11.4. The lowest BCUT2D eigenvalue weighted by Crippen LogP contribution is -2.25. The first-order valence-corrected chi connectivity index (χ1v) is 5.44. The first-order valence-electron chi connectivity index (χ1n) is 5.44. The van der Waals surface area contributed by atoms with Crippen LogP contribution < -0.4 is 10.2 Å². The van der Waals surface area contributed by atoms with Gasteiger partial charge in [-0.15, -0.1) is 0 Å². The van der Waals surface area contributed by atoms with Gasteiger partial charge in [-0.25, -0.2) is 9.97 Å². The van der Waals surface area contributed by atoms with Crippen molar-refractivity contribution in [3.8, 4) is 0 Å². The predicted molar refractivity (Wildman–Crippen MR) is 60.9 cm³/mol. The van der Waals surface area contributed by atoms with Gasteiger partial charge in [0.2, 0.25) is 5.91 Å². The molecule has 2 rings (SSSR count). The van der Waals surface area contributed by atoms with Crippen LogP contribution in [0.5, 0.6) is 0 Å². The normalized spacial score (nSPS) is 14.6. The molecule has 1 N–H and O–H groups in total. The van der Waals surface area contributed by atoms with Gasteiger partial charge in [0.25, 0.3) is 0 Å². The Morgan fingerprint density at radius 2 is 2.31 bits per heavy atom. The highest BCUT2D eigenvalue weighted by molar-refractivity contribution is 5.80. The molecule has 0 atom stereocenters. The van der Waals surface area contributed by atoms with Crippen molar-refractivity contribution in [2.24, 2.45) is 5.92 Å². The quantitative estimate of drug-likeness (QED) is 0.806. The highest BCUT2D eigenvalue weighted by Gasteiger charge is 2.29. The second-order valence-corrected chi connectivity index (χ2v) is 4.22. The summed E-state index contributed by atoms with van der Waals surface area (Å²) in [4.78, 5) is 21.8. The minimum absolute atomic E-state index is 0.124. The summed E-state index contributed by atoms with van der Waals surface area (Å²) in [5, 5.41) is 2.84. The Hall–Kier alpha value is -1.65. The fourth-order valence-electron chi connectivity index (χ4n) is 1.38. The van der Waals surface area contributed by atoms with Crippen molar-refractivity contribution < 1.29 is 4.79 Å². The van der Waals surface area contributed by atoms with E-state index in [1.165, 1.54) is 0 Å². The van der Waals surface area contributed by atoms with E-state index in [9.17, 15) is 4.79 Å². The van der Waals surface area contributed by atoms with Gasteiger partial charge < -0.3 is 10.2 Å². The molecular weight excluding hydrogens is 204 g/mol. The van der Waals surface area contributed by atoms with Gasteiger partial charge in [-0.05, 0) is 18.9 Å². The molecule has 0 spiro atoms. The van der Waals surface area contributed by atoms with Crippen LogP contribution in [-0.2, 0) is 11.3 Å². The molecule has 0 aliphatic heterocycles. The van der Waals surface area contributed by atoms with Crippen molar-refractivity contribution in [3.63, 3.8) is 0 Å². The second-order valence-electron chi connectivity index (χ2n) is 4.22. The van der Waals surface area contributed by atoms with Crippen molar-refractivity contribution in [2.45, 2.75) is 19.4 Å². The lowest BCUT2D eigenvalue weighted by atomic mass is 10.4. The third-order valence-corrected chi connectivity index (χ3v) is 2.52. The van der Waals surface area contributed by atoms with Gasteiger partial charge in [0.1, 0.15) is 11.6 Å². The Morgan fingerprint density at radius 1 is 1.56 bits per heavy atom. The molecule has 5 heteroatoms. The summed E-state index contributed by atoms with van der Waals surface area (Å²) in [6.45, 7) is 0.414. The molecule has 1 aromatic rings. The van der Waals surface area contributed by atoms with Crippen LogP contribution >= 0.6 is 0 Å². The minimum atomic E-state index is 0.124. The fourth-order valence-corrected chi connectivity index (χ4v) is 1.38. The SMILES string of the molecule is CN(C)c1ccnc(CNC(=O)C2CC2)n1. The molecule has 1 aliphatic rings. The van der Waals surface area contributed by atoms with Gasteiger partial charge in [0.15, 0.2) is 0 Å². The number of carbonyl (C=O) groups excluding carboxylic acids is 1. The number of nitrogens with zero attached hydrogens (tertiary/aromatic N) is 3. The summed E-state index contributed by atoms with van der Waals surface area (Å²) in [6, 6.07) is 1.84. The average Bonchev–Trinajstić information content (AvgIpc) is 3.10. The average molecular weight is 220 g/mol. The zero-order chi connectivity index (χ0) is 11.5. The molecule has 0 aromatic carbocycles. The summed E-state index contributed by atoms with van der Waals surface area (Å²) >= 11 is 0. The van der Waals surface area contributed by atoms with Crippen molar-refractivity contribution in [2.75, 3.05) is 19.0 Å². The lowest BCUT2D eigenvalue weighted by molar-refractivity contribution is -0.122. The monoisotopic (exact) mass is 220 g/mol. The molecule has 1 amide bonds. The maximum Gasteiger partial charge on any atom is 0.223 e. The first kappa shape index (κ1) is 10.9. The number of hydrogen-bond donors (Lipinski definition) is 1. The standard InChI is InChI=1S/C11H16N4O/c1-15(2)10-5-6-12-9(14-10)7-13-11(16)8-3-4-8/h5-6,8H,3-4,7H2,1-2H3,(H,13,16). The molecule has 86 valence electrons. The summed E-state index contributed by atoms with van der Waals surface area (Å²) in [6.07, 6.45) is 3.75. The third-order valence-electron chi connectivity index (χ3n) is 2.52. The van der Waals surface area contributed by atoms with Crippen molar-refractivity contribution >= 4 is 11.7 Å². The van der Waals surface area contributed by atoms with Crippen LogP contribution in [0.1, 0.15) is 18.7 Å². The van der Waals surface area contributed by atoms with E-state index in [1.54, 1.807) is 6.20 Å². The number of anilines is 1. The molecule has 1 saturated carbocycles. The molecule has 1 fully saturated rings. The van der Waals surface area contributed by atoms with Crippen LogP contribution in [0.25, 0.3) is 0 Å². The van der Waals surface area contributed by atoms with Gasteiger partial charge in [-0.2, -0.15) is 0 Å². The Labute approximate surface area is 94.9 Å². The first-order chi connectivity index (χ1) is 7.66. The van der Waals surface area contributed by atoms with Gasteiger partial charge in [-0.1, -0.05) is 0 Å². The predicted octanol–water partition coefficient (Wildman–Crippen LogP) is 0.569. The largest absolute Gasteiger partial charge is 0.363 e. The number of nitrogens with one attached hydrogen (secondary N) is 1. The van der Waals surface area contributed by atoms with Crippen LogP contribution in [0.3, 0.4) is 0 Å². The van der Waals surface area contributed by atoms with E-state index in [4.69, 9.17) is 0 Å². The van der Waals surface area contributed by atoms with E-state index in [0.29, 0.717) is 12.4 Å². The van der Waals surface area contributed by atoms with E-state index in [0.717, 1.165) is 18.7 Å². The number of rotatable bonds is 4. The van der Waals surface area contributed by atoms with Crippen LogP contribution in [0.15, 0.2) is 12.3 Å². The fraction of sp³-hybridized carbons (Fsp3) is 0.545. The summed E-state index contributed by atoms with van der Waals surface area (Å²) < 4.78 is 0. The number of carbonyl (C=O) groups is 1. The number of hydrogen-bond acceptors (Lipinski definition) is 4. The van der Waals surface area contributed by atoms with E-state index < -0.39 is 0 Å². The van der Waals surface area contributed by atoms with E-state index in [2.05, 4.69) is 15.3 Å². The number of aromatic nitrogens is 2. The van der Waals surface area contributed by atoms with Crippen LogP contribution in [0.4, 0.5) is 5.82 Å². The van der Waals surface area contributed by atoms with Crippen molar-refractivity contribution in [1.82, 2.24) is 15.3 Å². The van der Waals surface area contributed by atoms with Gasteiger partial charge >= 0.3 is 0 Å². The number of amides is 1. The van der Waals surface area contributed by atoms with Crippen LogP contribution in [-0.4, -0.2) is 30.0 Å². The maximum absolute atomic E-state index is 11.4. The Kier molecular flexibility index (Phi) is 3.03. The molecule has 0 bridgehead atoms. The zero-order valence-electron chi connectivity index (χ0n) is 9.60. The second kappa shape index (κ2) is 4.47. The Balaban J connectivity index is 1.92. The van der Waals surface area contributed by atoms with E-state index in [1.807, 2.05) is 25.1 Å². The molecular formula is C11H16N4O. The van der Waals surface area contributed by atoms with Gasteiger partial charge in [0, 0.05) is 26.2 Å². The molecule has 1 heterocycles. The molecule has 1 aromatic heterocycles. The van der Waals surface area contributed by atoms with Crippen LogP contribution in [0.2, 0.25) is 0 Å². The van der Waals surface area contributed by atoms with Gasteiger partial charge in [0.05, 0.1) is 6.54 Å². The highest BCUT2D eigenvalue weighted by atomic mass is 16.2. The van der Waals surface area contributed by atoms with Gasteiger partial charge in [-0.3, -0.25) is 4.79 Å². The topological polar surface area (TPSA) is 58.1 Å². The molecule has 0 unspecified atom stereocenters. The zero-order valence-corrected chi connectivity index (χ0v) is 9.60. The van der Waals surface area contributed by atoms with Crippen molar-refractivity contribution in [3.05, 3.63) is 18.1 Å². The summed E-state index contributed by atoms with van der Waals surface area (Å²) in [7, 11) is 3.85. The summed E-state index contributed by atoms with van der Waals surface area (Å²) in [5.41, 5.74) is 0. The Bertz CT molecular complexity index is 387.